The molecule has 0 atom stereocenters. The Labute approximate surface area is 102 Å². The first-order valence-corrected chi connectivity index (χ1v) is 5.90. The molecule has 4 nitrogen and oxygen atoms in total. The average molecular weight is 238 g/mol. The third-order valence-corrected chi connectivity index (χ3v) is 3.16. The summed E-state index contributed by atoms with van der Waals surface area (Å²) in [5, 5.41) is 22.0. The Hall–Kier alpha value is -1.10. The van der Waals surface area contributed by atoms with Crippen LogP contribution in [0.15, 0.2) is 18.2 Å². The van der Waals surface area contributed by atoms with Crippen molar-refractivity contribution in [3.8, 4) is 0 Å². The fourth-order valence-corrected chi connectivity index (χ4v) is 1.74. The first-order chi connectivity index (χ1) is 8.10. The van der Waals surface area contributed by atoms with Crippen LogP contribution in [-0.2, 0) is 6.54 Å². The SMILES string of the molecule is CCC(CO)(CO)Nc1ccc(C)cc1CN. The zero-order valence-electron chi connectivity index (χ0n) is 10.5. The summed E-state index contributed by atoms with van der Waals surface area (Å²) in [5.74, 6) is 0. The van der Waals surface area contributed by atoms with Crippen molar-refractivity contribution >= 4 is 5.69 Å². The van der Waals surface area contributed by atoms with Crippen molar-refractivity contribution < 1.29 is 10.2 Å². The second-order valence-corrected chi connectivity index (χ2v) is 4.44. The van der Waals surface area contributed by atoms with Gasteiger partial charge in [-0.1, -0.05) is 24.6 Å². The van der Waals surface area contributed by atoms with Gasteiger partial charge in [0.05, 0.1) is 18.8 Å². The van der Waals surface area contributed by atoms with Gasteiger partial charge in [0, 0.05) is 12.2 Å². The van der Waals surface area contributed by atoms with Crippen molar-refractivity contribution in [1.82, 2.24) is 0 Å². The van der Waals surface area contributed by atoms with Gasteiger partial charge in [-0.05, 0) is 25.0 Å². The minimum atomic E-state index is -0.681. The summed E-state index contributed by atoms with van der Waals surface area (Å²) in [6.07, 6.45) is 0.637. The molecule has 0 saturated heterocycles. The maximum absolute atomic E-state index is 9.40. The van der Waals surface area contributed by atoms with E-state index in [-0.39, 0.29) is 13.2 Å². The van der Waals surface area contributed by atoms with Crippen molar-refractivity contribution in [3.63, 3.8) is 0 Å². The van der Waals surface area contributed by atoms with Crippen LogP contribution in [-0.4, -0.2) is 29.0 Å². The van der Waals surface area contributed by atoms with Crippen LogP contribution in [0.25, 0.3) is 0 Å². The Balaban J connectivity index is 3.00. The standard InChI is InChI=1S/C13H22N2O2/c1-3-13(8-16,9-17)15-12-5-4-10(2)6-11(12)7-14/h4-6,15-17H,3,7-9,14H2,1-2H3. The molecule has 0 aliphatic rings. The van der Waals surface area contributed by atoms with Gasteiger partial charge < -0.3 is 21.3 Å². The summed E-state index contributed by atoms with van der Waals surface area (Å²) in [7, 11) is 0. The van der Waals surface area contributed by atoms with E-state index in [0.717, 1.165) is 16.8 Å². The smallest absolute Gasteiger partial charge is 0.0832 e. The zero-order valence-corrected chi connectivity index (χ0v) is 10.5. The molecular formula is C13H22N2O2. The molecule has 4 heteroatoms. The summed E-state index contributed by atoms with van der Waals surface area (Å²) in [6.45, 7) is 4.14. The molecule has 1 aromatic rings. The van der Waals surface area contributed by atoms with Crippen molar-refractivity contribution in [3.05, 3.63) is 29.3 Å². The Morgan fingerprint density at radius 1 is 1.29 bits per heavy atom. The number of anilines is 1. The predicted octanol–water partition coefficient (Wildman–Crippen LogP) is 0.999. The molecule has 1 rings (SSSR count). The third-order valence-electron chi connectivity index (χ3n) is 3.16. The highest BCUT2D eigenvalue weighted by Gasteiger charge is 2.26. The van der Waals surface area contributed by atoms with E-state index in [9.17, 15) is 10.2 Å². The number of rotatable bonds is 6. The van der Waals surface area contributed by atoms with Crippen LogP contribution in [0.4, 0.5) is 5.69 Å². The predicted molar refractivity (Wildman–Crippen MR) is 69.9 cm³/mol. The van der Waals surface area contributed by atoms with Gasteiger partial charge in [0.2, 0.25) is 0 Å². The van der Waals surface area contributed by atoms with E-state index in [1.165, 1.54) is 0 Å². The van der Waals surface area contributed by atoms with Gasteiger partial charge in [-0.15, -0.1) is 0 Å². The van der Waals surface area contributed by atoms with E-state index in [1.807, 2.05) is 32.0 Å². The minimum absolute atomic E-state index is 0.113. The van der Waals surface area contributed by atoms with Crippen LogP contribution in [0.2, 0.25) is 0 Å². The third kappa shape index (κ3) is 3.19. The number of hydrogen-bond acceptors (Lipinski definition) is 4. The maximum atomic E-state index is 9.40. The topological polar surface area (TPSA) is 78.5 Å². The number of aliphatic hydroxyl groups is 2. The lowest BCUT2D eigenvalue weighted by molar-refractivity contribution is 0.132. The minimum Gasteiger partial charge on any atom is -0.394 e. The Morgan fingerprint density at radius 2 is 1.94 bits per heavy atom. The summed E-state index contributed by atoms with van der Waals surface area (Å²) in [4.78, 5) is 0. The molecule has 0 amide bonds. The van der Waals surface area contributed by atoms with Crippen molar-refractivity contribution in [1.29, 1.82) is 0 Å². The van der Waals surface area contributed by atoms with Gasteiger partial charge >= 0.3 is 0 Å². The molecule has 0 spiro atoms. The molecule has 1 aromatic carbocycles. The average Bonchev–Trinajstić information content (AvgIpc) is 2.37. The summed E-state index contributed by atoms with van der Waals surface area (Å²) in [6, 6.07) is 5.93. The van der Waals surface area contributed by atoms with Crippen LogP contribution in [0, 0.1) is 6.92 Å². The molecule has 0 aromatic heterocycles. The molecule has 0 radical (unpaired) electrons. The van der Waals surface area contributed by atoms with Crippen LogP contribution >= 0.6 is 0 Å². The maximum Gasteiger partial charge on any atom is 0.0832 e. The molecule has 0 heterocycles. The molecule has 0 aliphatic heterocycles. The van der Waals surface area contributed by atoms with Crippen molar-refractivity contribution in [2.24, 2.45) is 5.73 Å². The molecule has 0 fully saturated rings. The molecule has 0 unspecified atom stereocenters. The number of hydrogen-bond donors (Lipinski definition) is 4. The van der Waals surface area contributed by atoms with Gasteiger partial charge in [0.1, 0.15) is 0 Å². The van der Waals surface area contributed by atoms with Crippen molar-refractivity contribution in [2.75, 3.05) is 18.5 Å². The largest absolute Gasteiger partial charge is 0.394 e. The van der Waals surface area contributed by atoms with E-state index >= 15 is 0 Å². The fourth-order valence-electron chi connectivity index (χ4n) is 1.74. The Morgan fingerprint density at radius 3 is 2.41 bits per heavy atom. The first kappa shape index (κ1) is 14.0. The number of aryl methyl sites for hydroxylation is 1. The number of nitrogens with two attached hydrogens (primary N) is 1. The molecule has 17 heavy (non-hydrogen) atoms. The summed E-state index contributed by atoms with van der Waals surface area (Å²) >= 11 is 0. The lowest BCUT2D eigenvalue weighted by Gasteiger charge is -2.32. The lowest BCUT2D eigenvalue weighted by atomic mass is 9.97. The molecule has 0 saturated carbocycles. The van der Waals surface area contributed by atoms with Crippen LogP contribution in [0.5, 0.6) is 0 Å². The van der Waals surface area contributed by atoms with E-state index < -0.39 is 5.54 Å². The Kier molecular flexibility index (Phi) is 4.93. The highest BCUT2D eigenvalue weighted by atomic mass is 16.3. The quantitative estimate of drug-likeness (QED) is 0.596. The van der Waals surface area contributed by atoms with E-state index in [2.05, 4.69) is 5.32 Å². The monoisotopic (exact) mass is 238 g/mol. The summed E-state index contributed by atoms with van der Waals surface area (Å²) < 4.78 is 0. The molecule has 5 N–H and O–H groups in total. The van der Waals surface area contributed by atoms with Gasteiger partial charge in [-0.2, -0.15) is 0 Å². The molecule has 0 aliphatic carbocycles. The number of nitrogens with one attached hydrogen (secondary N) is 1. The van der Waals surface area contributed by atoms with Gasteiger partial charge in [0.25, 0.3) is 0 Å². The number of benzene rings is 1. The first-order valence-electron chi connectivity index (χ1n) is 5.90. The highest BCUT2D eigenvalue weighted by molar-refractivity contribution is 5.54. The summed E-state index contributed by atoms with van der Waals surface area (Å²) in [5.41, 5.74) is 8.03. The van der Waals surface area contributed by atoms with Crippen LogP contribution in [0.1, 0.15) is 24.5 Å². The fraction of sp³-hybridized carbons (Fsp3) is 0.538. The Bertz CT molecular complexity index is 354. The van der Waals surface area contributed by atoms with E-state index in [4.69, 9.17) is 5.73 Å². The van der Waals surface area contributed by atoms with Crippen molar-refractivity contribution in [2.45, 2.75) is 32.4 Å². The second kappa shape index (κ2) is 6.00. The van der Waals surface area contributed by atoms with E-state index in [1.54, 1.807) is 0 Å². The van der Waals surface area contributed by atoms with Crippen LogP contribution < -0.4 is 11.1 Å². The second-order valence-electron chi connectivity index (χ2n) is 4.44. The normalized spacial score (nSPS) is 11.6. The lowest BCUT2D eigenvalue weighted by Crippen LogP contribution is -2.45. The zero-order chi connectivity index (χ0) is 12.9. The molecule has 96 valence electrons. The highest BCUT2D eigenvalue weighted by Crippen LogP contribution is 2.23. The van der Waals surface area contributed by atoms with Gasteiger partial charge in [-0.3, -0.25) is 0 Å². The van der Waals surface area contributed by atoms with Gasteiger partial charge in [0.15, 0.2) is 0 Å². The van der Waals surface area contributed by atoms with Crippen LogP contribution in [0.3, 0.4) is 0 Å². The molecule has 0 bridgehead atoms. The molecular weight excluding hydrogens is 216 g/mol. The van der Waals surface area contributed by atoms with Gasteiger partial charge in [-0.25, -0.2) is 0 Å². The number of aliphatic hydroxyl groups excluding tert-OH is 2. The van der Waals surface area contributed by atoms with E-state index in [0.29, 0.717) is 13.0 Å².